The van der Waals surface area contributed by atoms with E-state index in [9.17, 15) is 14.7 Å². The van der Waals surface area contributed by atoms with Crippen molar-refractivity contribution in [2.24, 2.45) is 5.92 Å². The van der Waals surface area contributed by atoms with Gasteiger partial charge in [-0.05, 0) is 33.3 Å². The lowest BCUT2D eigenvalue weighted by Gasteiger charge is -2.25. The van der Waals surface area contributed by atoms with Crippen molar-refractivity contribution < 1.29 is 24.2 Å². The number of carbonyl (C=O) groups is 2. The Bertz CT molecular complexity index is 614. The molecular formula is C19H28N2O5. The van der Waals surface area contributed by atoms with Gasteiger partial charge in [0.2, 0.25) is 0 Å². The van der Waals surface area contributed by atoms with E-state index in [0.29, 0.717) is 6.54 Å². The van der Waals surface area contributed by atoms with Crippen molar-refractivity contribution in [2.75, 3.05) is 13.1 Å². The molecule has 1 heterocycles. The van der Waals surface area contributed by atoms with E-state index in [1.807, 2.05) is 30.3 Å². The van der Waals surface area contributed by atoms with Crippen LogP contribution in [0.1, 0.15) is 33.3 Å². The molecule has 2 rings (SSSR count). The predicted molar refractivity (Wildman–Crippen MR) is 96.5 cm³/mol. The summed E-state index contributed by atoms with van der Waals surface area (Å²) in [5.74, 6) is -0.285. The van der Waals surface area contributed by atoms with Crippen LogP contribution < -0.4 is 5.32 Å². The number of rotatable bonds is 4. The molecule has 7 nitrogen and oxygen atoms in total. The van der Waals surface area contributed by atoms with E-state index in [4.69, 9.17) is 9.47 Å². The summed E-state index contributed by atoms with van der Waals surface area (Å²) in [5.41, 5.74) is 0.304. The van der Waals surface area contributed by atoms with Crippen molar-refractivity contribution in [2.45, 2.75) is 52.0 Å². The van der Waals surface area contributed by atoms with Gasteiger partial charge in [-0.2, -0.15) is 0 Å². The number of ether oxygens (including phenoxy) is 2. The van der Waals surface area contributed by atoms with E-state index in [1.54, 1.807) is 27.7 Å². The highest BCUT2D eigenvalue weighted by Crippen LogP contribution is 2.23. The molecule has 2 N–H and O–H groups in total. The molecule has 0 aromatic heterocycles. The average molecular weight is 364 g/mol. The Hall–Kier alpha value is -2.28. The summed E-state index contributed by atoms with van der Waals surface area (Å²) >= 11 is 0. The highest BCUT2D eigenvalue weighted by atomic mass is 16.6. The zero-order valence-corrected chi connectivity index (χ0v) is 15.8. The highest BCUT2D eigenvalue weighted by molar-refractivity contribution is 5.69. The molecule has 1 aliphatic rings. The molecule has 0 unspecified atom stereocenters. The number of nitrogens with zero attached hydrogens (tertiary/aromatic N) is 1. The molecule has 144 valence electrons. The monoisotopic (exact) mass is 364 g/mol. The number of aliphatic hydroxyl groups excluding tert-OH is 1. The van der Waals surface area contributed by atoms with Crippen molar-refractivity contribution in [3.63, 3.8) is 0 Å². The van der Waals surface area contributed by atoms with Crippen LogP contribution in [0.4, 0.5) is 9.59 Å². The number of amides is 2. The fourth-order valence-electron chi connectivity index (χ4n) is 2.84. The summed E-state index contributed by atoms with van der Waals surface area (Å²) in [4.78, 5) is 25.6. The lowest BCUT2D eigenvalue weighted by Crippen LogP contribution is -2.43. The largest absolute Gasteiger partial charge is 0.445 e. The Balaban J connectivity index is 1.82. The second-order valence-electron chi connectivity index (χ2n) is 7.61. The third kappa shape index (κ3) is 5.91. The van der Waals surface area contributed by atoms with Crippen LogP contribution in [0.25, 0.3) is 0 Å². The number of nitrogens with one attached hydrogen (secondary N) is 1. The second-order valence-corrected chi connectivity index (χ2v) is 7.61. The molecule has 7 heteroatoms. The molecule has 1 aromatic carbocycles. The average Bonchev–Trinajstić information content (AvgIpc) is 2.94. The quantitative estimate of drug-likeness (QED) is 0.857. The Kier molecular flexibility index (Phi) is 6.47. The maximum atomic E-state index is 12.1. The molecule has 1 saturated heterocycles. The number of β-amino-alcohol motifs (C(OH)–C–C–N with tert-alkyl or cyclic N) is 1. The number of carbonyl (C=O) groups excluding carboxylic acids is 2. The first-order valence-corrected chi connectivity index (χ1v) is 8.79. The fourth-order valence-corrected chi connectivity index (χ4v) is 2.84. The molecule has 1 aliphatic heterocycles. The Morgan fingerprint density at radius 2 is 1.92 bits per heavy atom. The molecule has 0 saturated carbocycles. The van der Waals surface area contributed by atoms with Crippen LogP contribution in [0, 0.1) is 5.92 Å². The van der Waals surface area contributed by atoms with Gasteiger partial charge in [0, 0.05) is 18.5 Å². The summed E-state index contributed by atoms with van der Waals surface area (Å²) in [6.07, 6.45) is -1.74. The van der Waals surface area contributed by atoms with Gasteiger partial charge in [-0.15, -0.1) is 0 Å². The Morgan fingerprint density at radius 3 is 2.54 bits per heavy atom. The van der Waals surface area contributed by atoms with Gasteiger partial charge in [-0.3, -0.25) is 0 Å². The summed E-state index contributed by atoms with van der Waals surface area (Å²) in [7, 11) is 0. The van der Waals surface area contributed by atoms with Crippen LogP contribution in [-0.4, -0.2) is 53.0 Å². The number of benzene rings is 1. The van der Waals surface area contributed by atoms with Crippen LogP contribution in [0.5, 0.6) is 0 Å². The summed E-state index contributed by atoms with van der Waals surface area (Å²) in [6, 6.07) is 9.04. The third-order valence-electron chi connectivity index (χ3n) is 4.19. The van der Waals surface area contributed by atoms with Crippen LogP contribution in [-0.2, 0) is 16.1 Å². The van der Waals surface area contributed by atoms with Crippen LogP contribution in [0.15, 0.2) is 30.3 Å². The maximum Gasteiger partial charge on any atom is 0.410 e. The van der Waals surface area contributed by atoms with E-state index in [1.165, 1.54) is 4.90 Å². The van der Waals surface area contributed by atoms with Crippen LogP contribution in [0.2, 0.25) is 0 Å². The lowest BCUT2D eigenvalue weighted by molar-refractivity contribution is 0.0269. The Morgan fingerprint density at radius 1 is 1.27 bits per heavy atom. The van der Waals surface area contributed by atoms with Gasteiger partial charge in [-0.25, -0.2) is 9.59 Å². The van der Waals surface area contributed by atoms with Crippen molar-refractivity contribution in [1.82, 2.24) is 10.2 Å². The second kappa shape index (κ2) is 8.40. The summed E-state index contributed by atoms with van der Waals surface area (Å²) < 4.78 is 10.5. The highest BCUT2D eigenvalue weighted by Gasteiger charge is 2.39. The van der Waals surface area contributed by atoms with Gasteiger partial charge >= 0.3 is 12.2 Å². The number of aliphatic hydroxyl groups is 1. The van der Waals surface area contributed by atoms with E-state index in [-0.39, 0.29) is 25.1 Å². The van der Waals surface area contributed by atoms with E-state index in [0.717, 1.165) is 5.56 Å². The van der Waals surface area contributed by atoms with Gasteiger partial charge in [0.1, 0.15) is 12.2 Å². The number of likely N-dealkylation sites (tertiary alicyclic amines) is 1. The topological polar surface area (TPSA) is 88.1 Å². The summed E-state index contributed by atoms with van der Waals surface area (Å²) in [6.45, 7) is 7.85. The first kappa shape index (κ1) is 20.0. The molecule has 1 aromatic rings. The van der Waals surface area contributed by atoms with Crippen LogP contribution in [0.3, 0.4) is 0 Å². The van der Waals surface area contributed by atoms with E-state index < -0.39 is 23.9 Å². The van der Waals surface area contributed by atoms with Crippen molar-refractivity contribution in [1.29, 1.82) is 0 Å². The van der Waals surface area contributed by atoms with Crippen LogP contribution >= 0.6 is 0 Å². The van der Waals surface area contributed by atoms with Gasteiger partial charge in [0.05, 0.1) is 12.6 Å². The number of hydrogen-bond acceptors (Lipinski definition) is 5. The minimum absolute atomic E-state index is 0.177. The molecule has 1 fully saturated rings. The minimum atomic E-state index is -0.730. The number of alkyl carbamates (subject to hydrolysis) is 1. The van der Waals surface area contributed by atoms with E-state index in [2.05, 4.69) is 5.32 Å². The van der Waals surface area contributed by atoms with Gasteiger partial charge in [0.25, 0.3) is 0 Å². The van der Waals surface area contributed by atoms with Crippen molar-refractivity contribution in [3.05, 3.63) is 35.9 Å². The SMILES string of the molecule is C[C@@H](NC(=O)OCc1ccccc1)[C@H]1CN(C(=O)OC(C)(C)C)C[C@H]1O. The number of hydrogen-bond donors (Lipinski definition) is 2. The molecule has 0 radical (unpaired) electrons. The molecule has 26 heavy (non-hydrogen) atoms. The van der Waals surface area contributed by atoms with Gasteiger partial charge < -0.3 is 24.8 Å². The maximum absolute atomic E-state index is 12.1. The first-order chi connectivity index (χ1) is 12.2. The Labute approximate surface area is 154 Å². The van der Waals surface area contributed by atoms with Crippen molar-refractivity contribution in [3.8, 4) is 0 Å². The smallest absolute Gasteiger partial charge is 0.410 e. The predicted octanol–water partition coefficient (Wildman–Crippen LogP) is 2.53. The first-order valence-electron chi connectivity index (χ1n) is 8.79. The normalized spacial score (nSPS) is 21.2. The molecule has 0 aliphatic carbocycles. The van der Waals surface area contributed by atoms with Gasteiger partial charge in [0.15, 0.2) is 0 Å². The van der Waals surface area contributed by atoms with Crippen molar-refractivity contribution >= 4 is 12.2 Å². The van der Waals surface area contributed by atoms with Gasteiger partial charge in [-0.1, -0.05) is 30.3 Å². The lowest BCUT2D eigenvalue weighted by atomic mass is 9.98. The zero-order chi connectivity index (χ0) is 19.3. The molecule has 3 atom stereocenters. The standard InChI is InChI=1S/C19H28N2O5/c1-13(20-17(23)25-12-14-8-6-5-7-9-14)15-10-21(11-16(15)22)18(24)26-19(2,3)4/h5-9,13,15-16,22H,10-12H2,1-4H3,(H,20,23)/t13-,15-,16-/m1/s1. The fraction of sp³-hybridized carbons (Fsp3) is 0.579. The summed E-state index contributed by atoms with van der Waals surface area (Å²) in [5, 5.41) is 13.0. The molecule has 0 spiro atoms. The third-order valence-corrected chi connectivity index (χ3v) is 4.19. The molecule has 0 bridgehead atoms. The molecular weight excluding hydrogens is 336 g/mol. The van der Waals surface area contributed by atoms with E-state index >= 15 is 0 Å². The molecule has 2 amide bonds. The minimum Gasteiger partial charge on any atom is -0.445 e. The zero-order valence-electron chi connectivity index (χ0n) is 15.8.